The second-order valence-electron chi connectivity index (χ2n) is 4.21. The van der Waals surface area contributed by atoms with Crippen molar-refractivity contribution in [1.29, 1.82) is 0 Å². The van der Waals surface area contributed by atoms with Crippen LogP contribution in [0.5, 0.6) is 0 Å². The third kappa shape index (κ3) is 6.57. The Morgan fingerprint density at radius 2 is 1.06 bits per heavy atom. The number of rotatable bonds is 4. The molecule has 0 aromatic heterocycles. The summed E-state index contributed by atoms with van der Waals surface area (Å²) in [6.07, 6.45) is 4.08. The Kier molecular flexibility index (Phi) is 8.17. The first-order valence-corrected chi connectivity index (χ1v) is 7.74. The van der Waals surface area contributed by atoms with Crippen molar-refractivity contribution >= 4 is 19.2 Å². The highest BCUT2D eigenvalue weighted by atomic mass is 31.1. The third-order valence-electron chi connectivity index (χ3n) is 2.54. The Balaban J connectivity index is 0.000000280. The second-order valence-corrected chi connectivity index (χ2v) is 5.62. The van der Waals surface area contributed by atoms with Crippen molar-refractivity contribution in [3.63, 3.8) is 0 Å². The third-order valence-corrected chi connectivity index (χ3v) is 3.79. The van der Waals surface area contributed by atoms with Gasteiger partial charge in [0.15, 0.2) is 0 Å². The monoisotopic (exact) mass is 258 g/mol. The molecule has 0 aliphatic carbocycles. The van der Waals surface area contributed by atoms with Crippen LogP contribution in [0.1, 0.15) is 33.1 Å². The van der Waals surface area contributed by atoms with Crippen LogP contribution in [0.15, 0.2) is 60.7 Å². The zero-order chi connectivity index (χ0) is 13.1. The van der Waals surface area contributed by atoms with Crippen LogP contribution in [-0.2, 0) is 0 Å². The molecule has 0 saturated heterocycles. The molecule has 0 unspecified atom stereocenters. The maximum Gasteiger partial charge on any atom is -0.0226 e. The van der Waals surface area contributed by atoms with E-state index in [1.54, 1.807) is 0 Å². The first-order chi connectivity index (χ1) is 8.86. The van der Waals surface area contributed by atoms with Crippen LogP contribution in [0.4, 0.5) is 0 Å². The average molecular weight is 258 g/mol. The second kappa shape index (κ2) is 9.85. The predicted molar refractivity (Wildman–Crippen MR) is 85.7 cm³/mol. The Morgan fingerprint density at radius 1 is 0.667 bits per heavy atom. The molecule has 0 aliphatic heterocycles. The lowest BCUT2D eigenvalue weighted by Gasteiger charge is -2.00. The van der Waals surface area contributed by atoms with E-state index in [0.717, 1.165) is 8.58 Å². The molecule has 0 saturated carbocycles. The highest BCUT2D eigenvalue weighted by Gasteiger charge is 1.92. The molecular weight excluding hydrogens is 235 g/mol. The van der Waals surface area contributed by atoms with E-state index in [0.29, 0.717) is 0 Å². The van der Waals surface area contributed by atoms with Gasteiger partial charge in [0.2, 0.25) is 0 Å². The largest absolute Gasteiger partial charge is 0.0654 e. The van der Waals surface area contributed by atoms with Crippen molar-refractivity contribution in [1.82, 2.24) is 0 Å². The molecule has 0 nitrogen and oxygen atoms in total. The van der Waals surface area contributed by atoms with Gasteiger partial charge in [-0.05, 0) is 10.6 Å². The standard InChI is InChI=1S/C12H11P.C5H12/c1-3-7-11(8-4-1)13-12-9-5-2-6-10-12;1-3-5-4-2/h1-10,13H;3-5H2,1-2H3. The fraction of sp³-hybridized carbons (Fsp3) is 0.294. The van der Waals surface area contributed by atoms with Gasteiger partial charge in [-0.2, -0.15) is 0 Å². The molecule has 1 heteroatoms. The van der Waals surface area contributed by atoms with Crippen molar-refractivity contribution in [2.75, 3.05) is 0 Å². The molecule has 0 aliphatic rings. The first-order valence-electron chi connectivity index (χ1n) is 6.74. The normalized spacial score (nSPS) is 9.44. The van der Waals surface area contributed by atoms with Crippen molar-refractivity contribution < 1.29 is 0 Å². The Morgan fingerprint density at radius 3 is 1.33 bits per heavy atom. The number of hydrogen-bond acceptors (Lipinski definition) is 0. The highest BCUT2D eigenvalue weighted by molar-refractivity contribution is 7.55. The van der Waals surface area contributed by atoms with Crippen molar-refractivity contribution in [3.8, 4) is 0 Å². The number of hydrogen-bond donors (Lipinski definition) is 0. The topological polar surface area (TPSA) is 0 Å². The summed E-state index contributed by atoms with van der Waals surface area (Å²) < 4.78 is 0. The average Bonchev–Trinajstić information content (AvgIpc) is 2.43. The van der Waals surface area contributed by atoms with E-state index in [2.05, 4.69) is 74.5 Å². The van der Waals surface area contributed by atoms with E-state index in [1.807, 2.05) is 0 Å². The van der Waals surface area contributed by atoms with Crippen LogP contribution < -0.4 is 10.6 Å². The van der Waals surface area contributed by atoms with Crippen LogP contribution in [0.25, 0.3) is 0 Å². The van der Waals surface area contributed by atoms with Crippen LogP contribution >= 0.6 is 8.58 Å². The summed E-state index contributed by atoms with van der Waals surface area (Å²) in [6, 6.07) is 21.2. The van der Waals surface area contributed by atoms with Crippen LogP contribution in [0.3, 0.4) is 0 Å². The molecule has 2 aromatic carbocycles. The maximum atomic E-state index is 2.21. The van der Waals surface area contributed by atoms with Gasteiger partial charge < -0.3 is 0 Å². The summed E-state index contributed by atoms with van der Waals surface area (Å²) in [5, 5.41) is 2.79. The highest BCUT2D eigenvalue weighted by Crippen LogP contribution is 2.08. The van der Waals surface area contributed by atoms with Crippen molar-refractivity contribution in [3.05, 3.63) is 60.7 Å². The molecule has 0 spiro atoms. The van der Waals surface area contributed by atoms with Gasteiger partial charge in [0.25, 0.3) is 0 Å². The van der Waals surface area contributed by atoms with Crippen molar-refractivity contribution in [2.45, 2.75) is 33.1 Å². The molecule has 0 fully saturated rings. The molecule has 96 valence electrons. The van der Waals surface area contributed by atoms with Gasteiger partial charge in [-0.25, -0.2) is 0 Å². The van der Waals surface area contributed by atoms with Gasteiger partial charge in [-0.3, -0.25) is 0 Å². The van der Waals surface area contributed by atoms with Gasteiger partial charge in [-0.1, -0.05) is 102 Å². The van der Waals surface area contributed by atoms with Crippen LogP contribution in [0, 0.1) is 0 Å². The van der Waals surface area contributed by atoms with Gasteiger partial charge in [0.05, 0.1) is 0 Å². The SMILES string of the molecule is CCCCC.c1ccc(Pc2ccccc2)cc1. The fourth-order valence-corrected chi connectivity index (χ4v) is 2.61. The molecule has 0 amide bonds. The Bertz CT molecular complexity index is 355. The molecular formula is C17H23P. The van der Waals surface area contributed by atoms with Crippen LogP contribution in [0.2, 0.25) is 0 Å². The van der Waals surface area contributed by atoms with Crippen LogP contribution in [-0.4, -0.2) is 0 Å². The minimum atomic E-state index is 0.777. The number of unbranched alkanes of at least 4 members (excludes halogenated alkanes) is 2. The Labute approximate surface area is 113 Å². The maximum absolute atomic E-state index is 2.21. The molecule has 0 N–H and O–H groups in total. The van der Waals surface area contributed by atoms with Gasteiger partial charge in [-0.15, -0.1) is 0 Å². The lowest BCUT2D eigenvalue weighted by atomic mass is 10.3. The zero-order valence-electron chi connectivity index (χ0n) is 11.4. The lowest BCUT2D eigenvalue weighted by Crippen LogP contribution is -2.01. The molecule has 0 heterocycles. The summed E-state index contributed by atoms with van der Waals surface area (Å²) >= 11 is 0. The number of benzene rings is 2. The fourth-order valence-electron chi connectivity index (χ4n) is 1.56. The van der Waals surface area contributed by atoms with E-state index in [-0.39, 0.29) is 0 Å². The van der Waals surface area contributed by atoms with Gasteiger partial charge in [0, 0.05) is 0 Å². The van der Waals surface area contributed by atoms with Gasteiger partial charge >= 0.3 is 0 Å². The van der Waals surface area contributed by atoms with E-state index in [9.17, 15) is 0 Å². The molecule has 0 bridgehead atoms. The minimum absolute atomic E-state index is 0.777. The Hall–Kier alpha value is -1.13. The van der Waals surface area contributed by atoms with Crippen molar-refractivity contribution in [2.24, 2.45) is 0 Å². The molecule has 2 rings (SSSR count). The minimum Gasteiger partial charge on any atom is -0.0654 e. The first kappa shape index (κ1) is 14.9. The lowest BCUT2D eigenvalue weighted by molar-refractivity contribution is 0.772. The summed E-state index contributed by atoms with van der Waals surface area (Å²) in [5.41, 5.74) is 0. The van der Waals surface area contributed by atoms with E-state index in [4.69, 9.17) is 0 Å². The summed E-state index contributed by atoms with van der Waals surface area (Å²) in [4.78, 5) is 0. The smallest absolute Gasteiger partial charge is 0.0226 e. The van der Waals surface area contributed by atoms with E-state index >= 15 is 0 Å². The predicted octanol–water partition coefficient (Wildman–Crippen LogP) is 4.51. The van der Waals surface area contributed by atoms with E-state index in [1.165, 1.54) is 29.9 Å². The summed E-state index contributed by atoms with van der Waals surface area (Å²) in [6.45, 7) is 4.42. The quantitative estimate of drug-likeness (QED) is 0.708. The summed E-state index contributed by atoms with van der Waals surface area (Å²) in [5.74, 6) is 0. The molecule has 2 aromatic rings. The molecule has 18 heavy (non-hydrogen) atoms. The molecule has 0 atom stereocenters. The van der Waals surface area contributed by atoms with E-state index < -0.39 is 0 Å². The molecule has 0 radical (unpaired) electrons. The van der Waals surface area contributed by atoms with Gasteiger partial charge in [0.1, 0.15) is 0 Å². The zero-order valence-corrected chi connectivity index (χ0v) is 12.4. The summed E-state index contributed by atoms with van der Waals surface area (Å²) in [7, 11) is 0.777.